The van der Waals surface area contributed by atoms with Crippen LogP contribution in [0.5, 0.6) is 0 Å². The minimum atomic E-state index is -0.854. The summed E-state index contributed by atoms with van der Waals surface area (Å²) in [5.74, 6) is 0.338. The molecule has 0 unspecified atom stereocenters. The zero-order valence-electron chi connectivity index (χ0n) is 13.2. The highest BCUT2D eigenvalue weighted by molar-refractivity contribution is 7.99. The molecule has 0 bridgehead atoms. The average Bonchev–Trinajstić information content (AvgIpc) is 2.68. The molecule has 1 fully saturated rings. The maximum absolute atomic E-state index is 12.1. The second-order valence-electron chi connectivity index (χ2n) is 5.88. The Morgan fingerprint density at radius 1 is 1.39 bits per heavy atom. The van der Waals surface area contributed by atoms with Crippen LogP contribution >= 0.6 is 11.8 Å². The molecule has 1 aromatic rings. The van der Waals surface area contributed by atoms with Crippen molar-refractivity contribution in [3.05, 3.63) is 39.9 Å². The van der Waals surface area contributed by atoms with E-state index in [0.717, 1.165) is 5.56 Å². The fraction of sp³-hybridized carbons (Fsp3) is 0.467. The molecular weight excluding hydrogens is 318 g/mol. The third-order valence-corrected chi connectivity index (χ3v) is 4.87. The number of nitro groups is 1. The Labute approximate surface area is 138 Å². The van der Waals surface area contributed by atoms with Crippen molar-refractivity contribution in [2.45, 2.75) is 31.6 Å². The molecule has 0 aliphatic carbocycles. The van der Waals surface area contributed by atoms with Crippen LogP contribution in [0.3, 0.4) is 0 Å². The predicted octanol–water partition coefficient (Wildman–Crippen LogP) is 2.72. The van der Waals surface area contributed by atoms with Crippen LogP contribution in [0.1, 0.15) is 31.6 Å². The van der Waals surface area contributed by atoms with Crippen LogP contribution in [0.4, 0.5) is 10.5 Å². The van der Waals surface area contributed by atoms with E-state index in [9.17, 15) is 19.7 Å². The molecule has 1 aliphatic heterocycles. The van der Waals surface area contributed by atoms with Gasteiger partial charge in [-0.1, -0.05) is 12.1 Å². The summed E-state index contributed by atoms with van der Waals surface area (Å²) in [5, 5.41) is 13.5. The lowest BCUT2D eigenvalue weighted by molar-refractivity contribution is -0.384. The van der Waals surface area contributed by atoms with E-state index in [-0.39, 0.29) is 22.9 Å². The first-order valence-corrected chi connectivity index (χ1v) is 8.27. The second-order valence-corrected chi connectivity index (χ2v) is 7.33. The van der Waals surface area contributed by atoms with Crippen molar-refractivity contribution in [1.82, 2.24) is 10.2 Å². The molecule has 1 aliphatic rings. The molecule has 2 rings (SSSR count). The Balaban J connectivity index is 1.91. The van der Waals surface area contributed by atoms with Gasteiger partial charge in [0.15, 0.2) is 0 Å². The van der Waals surface area contributed by atoms with Crippen molar-refractivity contribution >= 4 is 29.4 Å². The van der Waals surface area contributed by atoms with E-state index in [1.807, 2.05) is 13.0 Å². The standard InChI is InChI=1S/C15H19N3O4S/c1-10(11-5-4-6-12(9-11)18(21)22)23-8-7-17-13(19)15(2,3)16-14(17)20/h4-6,9-10H,7-8H2,1-3H3,(H,16,20)/t10-/m0/s1. The average molecular weight is 337 g/mol. The van der Waals surface area contributed by atoms with Crippen molar-refractivity contribution < 1.29 is 14.5 Å². The van der Waals surface area contributed by atoms with Gasteiger partial charge >= 0.3 is 6.03 Å². The normalized spacial score (nSPS) is 18.0. The van der Waals surface area contributed by atoms with Crippen LogP contribution in [0.15, 0.2) is 24.3 Å². The highest BCUT2D eigenvalue weighted by Crippen LogP contribution is 2.30. The number of carbonyl (C=O) groups is 2. The summed E-state index contributed by atoms with van der Waals surface area (Å²) < 4.78 is 0. The summed E-state index contributed by atoms with van der Waals surface area (Å²) >= 11 is 1.54. The first kappa shape index (κ1) is 17.3. The summed E-state index contributed by atoms with van der Waals surface area (Å²) in [6.45, 7) is 5.61. The van der Waals surface area contributed by atoms with Crippen molar-refractivity contribution in [2.75, 3.05) is 12.3 Å². The third kappa shape index (κ3) is 3.82. The van der Waals surface area contributed by atoms with Crippen LogP contribution in [-0.4, -0.2) is 39.6 Å². The van der Waals surface area contributed by atoms with E-state index in [0.29, 0.717) is 12.3 Å². The van der Waals surface area contributed by atoms with Gasteiger partial charge in [-0.15, -0.1) is 0 Å². The number of nitro benzene ring substituents is 1. The summed E-state index contributed by atoms with van der Waals surface area (Å²) in [6.07, 6.45) is 0. The maximum atomic E-state index is 12.1. The smallest absolute Gasteiger partial charge is 0.324 e. The number of thioether (sulfide) groups is 1. The lowest BCUT2D eigenvalue weighted by Crippen LogP contribution is -2.40. The minimum Gasteiger partial charge on any atom is -0.324 e. The second kappa shape index (κ2) is 6.57. The van der Waals surface area contributed by atoms with Gasteiger partial charge in [0.1, 0.15) is 5.54 Å². The van der Waals surface area contributed by atoms with Crippen molar-refractivity contribution in [3.8, 4) is 0 Å². The van der Waals surface area contributed by atoms with E-state index in [4.69, 9.17) is 0 Å². The van der Waals surface area contributed by atoms with E-state index in [1.54, 1.807) is 37.7 Å². The number of hydrogen-bond acceptors (Lipinski definition) is 5. The Bertz CT molecular complexity index is 647. The molecule has 0 aromatic heterocycles. The van der Waals surface area contributed by atoms with Gasteiger partial charge in [-0.05, 0) is 26.3 Å². The zero-order chi connectivity index (χ0) is 17.2. The topological polar surface area (TPSA) is 92.6 Å². The lowest BCUT2D eigenvalue weighted by atomic mass is 10.1. The quantitative estimate of drug-likeness (QED) is 0.489. The van der Waals surface area contributed by atoms with Crippen LogP contribution in [-0.2, 0) is 4.79 Å². The highest BCUT2D eigenvalue weighted by Gasteiger charge is 2.43. The monoisotopic (exact) mass is 337 g/mol. The summed E-state index contributed by atoms with van der Waals surface area (Å²) in [7, 11) is 0. The summed E-state index contributed by atoms with van der Waals surface area (Å²) in [5.41, 5.74) is 0.0560. The summed E-state index contributed by atoms with van der Waals surface area (Å²) in [4.78, 5) is 35.4. The number of urea groups is 1. The van der Waals surface area contributed by atoms with Gasteiger partial charge in [0.25, 0.3) is 11.6 Å². The van der Waals surface area contributed by atoms with Crippen LogP contribution in [0, 0.1) is 10.1 Å². The predicted molar refractivity (Wildman–Crippen MR) is 88.3 cm³/mol. The highest BCUT2D eigenvalue weighted by atomic mass is 32.2. The fourth-order valence-corrected chi connectivity index (χ4v) is 3.31. The molecule has 1 atom stereocenters. The van der Waals surface area contributed by atoms with E-state index < -0.39 is 10.5 Å². The molecule has 3 amide bonds. The Morgan fingerprint density at radius 2 is 2.09 bits per heavy atom. The Kier molecular flexibility index (Phi) is 4.93. The molecule has 1 heterocycles. The molecule has 8 heteroatoms. The Hall–Kier alpha value is -2.09. The number of non-ortho nitro benzene ring substituents is 1. The molecule has 0 radical (unpaired) electrons. The van der Waals surface area contributed by atoms with Crippen LogP contribution in [0.25, 0.3) is 0 Å². The molecule has 1 aromatic carbocycles. The number of rotatable bonds is 6. The van der Waals surface area contributed by atoms with Crippen LogP contribution < -0.4 is 5.32 Å². The van der Waals surface area contributed by atoms with Crippen molar-refractivity contribution in [1.29, 1.82) is 0 Å². The SMILES string of the molecule is C[C@H](SCCN1C(=O)NC(C)(C)C1=O)c1cccc([N+](=O)[O-])c1. The van der Waals surface area contributed by atoms with Crippen molar-refractivity contribution in [3.63, 3.8) is 0 Å². The number of carbonyl (C=O) groups excluding carboxylic acids is 2. The first-order chi connectivity index (χ1) is 10.7. The number of benzene rings is 1. The van der Waals surface area contributed by atoms with Gasteiger partial charge in [0.05, 0.1) is 4.92 Å². The van der Waals surface area contributed by atoms with Gasteiger partial charge in [0.2, 0.25) is 0 Å². The van der Waals surface area contributed by atoms with Gasteiger partial charge in [-0.2, -0.15) is 11.8 Å². The van der Waals surface area contributed by atoms with E-state index in [1.165, 1.54) is 11.0 Å². The molecular formula is C15H19N3O4S. The van der Waals surface area contributed by atoms with Gasteiger partial charge in [-0.3, -0.25) is 19.8 Å². The van der Waals surface area contributed by atoms with Crippen LogP contribution in [0.2, 0.25) is 0 Å². The number of nitrogens with zero attached hydrogens (tertiary/aromatic N) is 2. The van der Waals surface area contributed by atoms with Crippen molar-refractivity contribution in [2.24, 2.45) is 0 Å². The number of imide groups is 1. The fourth-order valence-electron chi connectivity index (χ4n) is 2.33. The van der Waals surface area contributed by atoms with Gasteiger partial charge in [-0.25, -0.2) is 4.79 Å². The molecule has 124 valence electrons. The van der Waals surface area contributed by atoms with Gasteiger partial charge < -0.3 is 5.32 Å². The number of amides is 3. The zero-order valence-corrected chi connectivity index (χ0v) is 14.1. The third-order valence-electron chi connectivity index (χ3n) is 3.68. The Morgan fingerprint density at radius 3 is 2.65 bits per heavy atom. The largest absolute Gasteiger partial charge is 0.325 e. The minimum absolute atomic E-state index is 0.0312. The molecule has 0 spiro atoms. The van der Waals surface area contributed by atoms with E-state index in [2.05, 4.69) is 5.32 Å². The molecule has 7 nitrogen and oxygen atoms in total. The lowest BCUT2D eigenvalue weighted by Gasteiger charge is -2.17. The molecule has 1 N–H and O–H groups in total. The van der Waals surface area contributed by atoms with E-state index >= 15 is 0 Å². The van der Waals surface area contributed by atoms with Gasteiger partial charge in [0, 0.05) is 29.7 Å². The number of hydrogen-bond donors (Lipinski definition) is 1. The molecule has 23 heavy (non-hydrogen) atoms. The maximum Gasteiger partial charge on any atom is 0.325 e. The molecule has 0 saturated carbocycles. The summed E-state index contributed by atoms with van der Waals surface area (Å²) in [6, 6.07) is 6.13. The molecule has 1 saturated heterocycles. The number of nitrogens with one attached hydrogen (secondary N) is 1. The first-order valence-electron chi connectivity index (χ1n) is 7.22.